The lowest BCUT2D eigenvalue weighted by molar-refractivity contribution is -0.137. The highest BCUT2D eigenvalue weighted by molar-refractivity contribution is 7.11. The van der Waals surface area contributed by atoms with Gasteiger partial charge in [0, 0.05) is 23.3 Å². The molecular weight excluding hydrogens is 323 g/mol. The highest BCUT2D eigenvalue weighted by Gasteiger charge is 2.29. The van der Waals surface area contributed by atoms with E-state index in [1.807, 2.05) is 6.92 Å². The van der Waals surface area contributed by atoms with Gasteiger partial charge in [-0.2, -0.15) is 13.2 Å². The molecule has 1 aromatic heterocycles. The smallest absolute Gasteiger partial charge is 0.352 e. The van der Waals surface area contributed by atoms with Crippen molar-refractivity contribution in [2.45, 2.75) is 26.2 Å². The second-order valence-corrected chi connectivity index (χ2v) is 6.36. The fourth-order valence-electron chi connectivity index (χ4n) is 1.97. The van der Waals surface area contributed by atoms with Crippen LogP contribution in [0.2, 0.25) is 0 Å². The molecule has 0 saturated carbocycles. The minimum Gasteiger partial charge on any atom is -0.352 e. The summed E-state index contributed by atoms with van der Waals surface area (Å²) in [7, 11) is 1.65. The Labute approximate surface area is 137 Å². The number of alkyl halides is 3. The van der Waals surface area contributed by atoms with Gasteiger partial charge < -0.3 is 10.6 Å². The number of rotatable bonds is 4. The minimum absolute atomic E-state index is 0.404. The molecule has 0 aliphatic heterocycles. The van der Waals surface area contributed by atoms with E-state index in [4.69, 9.17) is 0 Å². The molecule has 0 fully saturated rings. The van der Waals surface area contributed by atoms with Crippen LogP contribution in [0.15, 0.2) is 41.4 Å². The Morgan fingerprint density at radius 1 is 1.04 bits per heavy atom. The Morgan fingerprint density at radius 3 is 2.22 bits per heavy atom. The molecule has 0 amide bonds. The second-order valence-electron chi connectivity index (χ2n) is 4.99. The highest BCUT2D eigenvalue weighted by Crippen LogP contribution is 2.29. The van der Waals surface area contributed by atoms with E-state index in [0.717, 1.165) is 17.7 Å². The molecule has 3 nitrogen and oxygen atoms in total. The summed E-state index contributed by atoms with van der Waals surface area (Å²) in [5.41, 5.74) is 0.116. The Hall–Kier alpha value is -2.02. The van der Waals surface area contributed by atoms with Crippen molar-refractivity contribution in [3.63, 3.8) is 0 Å². The van der Waals surface area contributed by atoms with Gasteiger partial charge in [-0.25, -0.2) is 0 Å². The number of nitrogens with zero attached hydrogens (tertiary/aromatic N) is 1. The first-order valence-electron chi connectivity index (χ1n) is 7.04. The lowest BCUT2D eigenvalue weighted by atomic mass is 10.1. The predicted octanol–water partition coefficient (Wildman–Crippen LogP) is 3.94. The van der Waals surface area contributed by atoms with Crippen molar-refractivity contribution in [3.05, 3.63) is 57.3 Å². The molecule has 2 aromatic rings. The monoisotopic (exact) mass is 341 g/mol. The van der Waals surface area contributed by atoms with Gasteiger partial charge in [-0.1, -0.05) is 12.1 Å². The maximum Gasteiger partial charge on any atom is 0.416 e. The molecule has 0 radical (unpaired) electrons. The third-order valence-electron chi connectivity index (χ3n) is 3.19. The molecule has 23 heavy (non-hydrogen) atoms. The van der Waals surface area contributed by atoms with Crippen molar-refractivity contribution in [3.8, 4) is 0 Å². The predicted molar refractivity (Wildman–Crippen MR) is 87.5 cm³/mol. The van der Waals surface area contributed by atoms with E-state index in [1.54, 1.807) is 18.4 Å². The van der Waals surface area contributed by atoms with Crippen molar-refractivity contribution in [2.75, 3.05) is 7.05 Å². The Morgan fingerprint density at radius 2 is 1.70 bits per heavy atom. The van der Waals surface area contributed by atoms with Crippen LogP contribution in [0.5, 0.6) is 0 Å². The summed E-state index contributed by atoms with van der Waals surface area (Å²) in [6, 6.07) is 9.21. The third-order valence-corrected chi connectivity index (χ3v) is 4.19. The van der Waals surface area contributed by atoms with Crippen LogP contribution in [0, 0.1) is 6.92 Å². The van der Waals surface area contributed by atoms with Crippen LogP contribution in [-0.2, 0) is 19.3 Å². The van der Waals surface area contributed by atoms with Crippen LogP contribution in [0.25, 0.3) is 0 Å². The van der Waals surface area contributed by atoms with Crippen LogP contribution in [-0.4, -0.2) is 13.0 Å². The van der Waals surface area contributed by atoms with Gasteiger partial charge in [0.05, 0.1) is 12.1 Å². The standard InChI is InChI=1S/C16H18F3N3S/c1-11-3-8-14(23-11)10-22-15(20-2)21-9-12-4-6-13(7-5-12)16(17,18)19/h3-8H,9-10H2,1-2H3,(H2,20,21,22). The molecule has 0 spiro atoms. The quantitative estimate of drug-likeness (QED) is 0.653. The minimum atomic E-state index is -4.30. The highest BCUT2D eigenvalue weighted by atomic mass is 32.1. The molecule has 7 heteroatoms. The Kier molecular flexibility index (Phi) is 5.65. The van der Waals surface area contributed by atoms with Gasteiger partial charge in [0.25, 0.3) is 0 Å². The number of halogens is 3. The molecular formula is C16H18F3N3S. The van der Waals surface area contributed by atoms with E-state index in [2.05, 4.69) is 27.8 Å². The summed E-state index contributed by atoms with van der Waals surface area (Å²) in [6.07, 6.45) is -4.30. The van der Waals surface area contributed by atoms with Gasteiger partial charge in [-0.05, 0) is 36.8 Å². The zero-order chi connectivity index (χ0) is 16.9. The second kappa shape index (κ2) is 7.50. The van der Waals surface area contributed by atoms with E-state index in [-0.39, 0.29) is 0 Å². The van der Waals surface area contributed by atoms with E-state index in [9.17, 15) is 13.2 Å². The average Bonchev–Trinajstić information content (AvgIpc) is 2.92. The van der Waals surface area contributed by atoms with Gasteiger partial charge in [0.15, 0.2) is 5.96 Å². The van der Waals surface area contributed by atoms with Crippen LogP contribution in [0.1, 0.15) is 20.9 Å². The van der Waals surface area contributed by atoms with Gasteiger partial charge in [-0.15, -0.1) is 11.3 Å². The fourth-order valence-corrected chi connectivity index (χ4v) is 2.80. The molecule has 0 atom stereocenters. The SMILES string of the molecule is CN=C(NCc1ccc(C(F)(F)F)cc1)NCc1ccc(C)s1. The van der Waals surface area contributed by atoms with Gasteiger partial charge >= 0.3 is 6.18 Å². The first-order valence-corrected chi connectivity index (χ1v) is 7.86. The topological polar surface area (TPSA) is 36.4 Å². The molecule has 2 rings (SSSR count). The molecule has 2 N–H and O–H groups in total. The Balaban J connectivity index is 1.85. The van der Waals surface area contributed by atoms with E-state index in [0.29, 0.717) is 19.0 Å². The number of nitrogens with one attached hydrogen (secondary N) is 2. The maximum absolute atomic E-state index is 12.5. The number of benzene rings is 1. The third kappa shape index (κ3) is 5.28. The lowest BCUT2D eigenvalue weighted by Gasteiger charge is -2.12. The normalized spacial score (nSPS) is 12.3. The number of hydrogen-bond acceptors (Lipinski definition) is 2. The van der Waals surface area contributed by atoms with Crippen molar-refractivity contribution in [1.29, 1.82) is 0 Å². The fraction of sp³-hybridized carbons (Fsp3) is 0.312. The van der Waals surface area contributed by atoms with Gasteiger partial charge in [0.2, 0.25) is 0 Å². The van der Waals surface area contributed by atoms with Gasteiger partial charge in [0.1, 0.15) is 0 Å². The number of aryl methyl sites for hydroxylation is 1. The van der Waals surface area contributed by atoms with Crippen LogP contribution < -0.4 is 10.6 Å². The molecule has 1 heterocycles. The van der Waals surface area contributed by atoms with Crippen molar-refractivity contribution in [2.24, 2.45) is 4.99 Å². The summed E-state index contributed by atoms with van der Waals surface area (Å²) in [5, 5.41) is 6.26. The number of guanidine groups is 1. The molecule has 1 aromatic carbocycles. The first kappa shape index (κ1) is 17.3. The number of aliphatic imine (C=N–C) groups is 1. The summed E-state index contributed by atoms with van der Waals surface area (Å²) < 4.78 is 37.5. The van der Waals surface area contributed by atoms with Crippen LogP contribution in [0.3, 0.4) is 0 Å². The summed E-state index contributed by atoms with van der Waals surface area (Å²) in [6.45, 7) is 3.11. The molecule has 0 saturated heterocycles. The van der Waals surface area contributed by atoms with E-state index >= 15 is 0 Å². The van der Waals surface area contributed by atoms with E-state index < -0.39 is 11.7 Å². The zero-order valence-corrected chi connectivity index (χ0v) is 13.7. The molecule has 0 bridgehead atoms. The molecule has 0 aliphatic rings. The van der Waals surface area contributed by atoms with Gasteiger partial charge in [-0.3, -0.25) is 4.99 Å². The van der Waals surface area contributed by atoms with Crippen molar-refractivity contribution in [1.82, 2.24) is 10.6 Å². The number of hydrogen-bond donors (Lipinski definition) is 2. The maximum atomic E-state index is 12.5. The molecule has 124 valence electrons. The summed E-state index contributed by atoms with van der Waals surface area (Å²) >= 11 is 1.71. The van der Waals surface area contributed by atoms with Crippen molar-refractivity contribution >= 4 is 17.3 Å². The zero-order valence-electron chi connectivity index (χ0n) is 12.9. The largest absolute Gasteiger partial charge is 0.416 e. The van der Waals surface area contributed by atoms with Crippen LogP contribution in [0.4, 0.5) is 13.2 Å². The van der Waals surface area contributed by atoms with E-state index in [1.165, 1.54) is 21.9 Å². The van der Waals surface area contributed by atoms with Crippen LogP contribution >= 0.6 is 11.3 Å². The summed E-state index contributed by atoms with van der Waals surface area (Å²) in [5.74, 6) is 0.607. The van der Waals surface area contributed by atoms with Crippen molar-refractivity contribution < 1.29 is 13.2 Å². The number of thiophene rings is 1. The summed E-state index contributed by atoms with van der Waals surface area (Å²) in [4.78, 5) is 6.54. The average molecular weight is 341 g/mol. The molecule has 0 aliphatic carbocycles. The first-order chi connectivity index (χ1) is 10.9. The Bertz CT molecular complexity index is 660. The molecule has 0 unspecified atom stereocenters. The lowest BCUT2D eigenvalue weighted by Crippen LogP contribution is -2.36.